The van der Waals surface area contributed by atoms with E-state index in [1.54, 1.807) is 36.5 Å². The lowest BCUT2D eigenvalue weighted by atomic mass is 10.0. The van der Waals surface area contributed by atoms with E-state index in [4.69, 9.17) is 9.84 Å². The van der Waals surface area contributed by atoms with Gasteiger partial charge in [-0.15, -0.1) is 0 Å². The number of aromatic carboxylic acids is 1. The predicted molar refractivity (Wildman–Crippen MR) is 76.5 cm³/mol. The van der Waals surface area contributed by atoms with E-state index in [9.17, 15) is 9.59 Å². The van der Waals surface area contributed by atoms with E-state index in [-0.39, 0.29) is 17.9 Å². The Morgan fingerprint density at radius 1 is 1.24 bits per heavy atom. The third-order valence-electron chi connectivity index (χ3n) is 2.84. The summed E-state index contributed by atoms with van der Waals surface area (Å²) in [5.41, 5.74) is 1.01. The zero-order valence-corrected chi connectivity index (χ0v) is 11.4. The van der Waals surface area contributed by atoms with Crippen molar-refractivity contribution in [1.29, 1.82) is 0 Å². The van der Waals surface area contributed by atoms with Crippen LogP contribution in [0.15, 0.2) is 42.6 Å². The van der Waals surface area contributed by atoms with Crippen molar-refractivity contribution in [3.8, 4) is 5.88 Å². The number of anilines is 1. The summed E-state index contributed by atoms with van der Waals surface area (Å²) < 4.78 is 5.04. The molecule has 0 saturated heterocycles. The highest BCUT2D eigenvalue weighted by atomic mass is 16.5. The fraction of sp³-hybridized carbons (Fsp3) is 0.133. The number of pyridine rings is 1. The molecular formula is C15H14N2O4. The molecule has 1 amide bonds. The summed E-state index contributed by atoms with van der Waals surface area (Å²) >= 11 is 0. The SMILES string of the molecule is COc1ncccc1NC(=O)Cc1ccccc1C(=O)O. The molecule has 0 unspecified atom stereocenters. The number of aromatic nitrogens is 1. The minimum absolute atomic E-state index is 0.0411. The van der Waals surface area contributed by atoms with Crippen LogP contribution in [0.5, 0.6) is 5.88 Å². The first-order chi connectivity index (χ1) is 10.1. The number of carbonyl (C=O) groups is 2. The maximum absolute atomic E-state index is 12.0. The monoisotopic (exact) mass is 286 g/mol. The third-order valence-corrected chi connectivity index (χ3v) is 2.84. The fourth-order valence-corrected chi connectivity index (χ4v) is 1.90. The lowest BCUT2D eigenvalue weighted by Crippen LogP contribution is -2.17. The summed E-state index contributed by atoms with van der Waals surface area (Å²) in [5, 5.41) is 11.7. The number of ether oxygens (including phenoxy) is 1. The normalized spacial score (nSPS) is 9.95. The molecular weight excluding hydrogens is 272 g/mol. The average Bonchev–Trinajstić information content (AvgIpc) is 2.48. The second-order valence-corrected chi connectivity index (χ2v) is 4.25. The van der Waals surface area contributed by atoms with Gasteiger partial charge in [0.2, 0.25) is 11.8 Å². The van der Waals surface area contributed by atoms with E-state index < -0.39 is 5.97 Å². The van der Waals surface area contributed by atoms with Gasteiger partial charge in [0.1, 0.15) is 5.69 Å². The second-order valence-electron chi connectivity index (χ2n) is 4.25. The molecule has 1 aromatic carbocycles. The van der Waals surface area contributed by atoms with Crippen LogP contribution in [0.1, 0.15) is 15.9 Å². The third kappa shape index (κ3) is 3.56. The molecule has 2 rings (SSSR count). The summed E-state index contributed by atoms with van der Waals surface area (Å²) in [6.45, 7) is 0. The van der Waals surface area contributed by atoms with Gasteiger partial charge in [-0.25, -0.2) is 9.78 Å². The van der Waals surface area contributed by atoms with Gasteiger partial charge in [-0.3, -0.25) is 4.79 Å². The number of nitrogens with one attached hydrogen (secondary N) is 1. The summed E-state index contributed by atoms with van der Waals surface area (Å²) in [4.78, 5) is 27.1. The molecule has 0 radical (unpaired) electrons. The average molecular weight is 286 g/mol. The number of carboxylic acids is 1. The van der Waals surface area contributed by atoms with E-state index in [1.807, 2.05) is 0 Å². The van der Waals surface area contributed by atoms with Gasteiger partial charge in [-0.1, -0.05) is 18.2 Å². The molecule has 1 heterocycles. The fourth-order valence-electron chi connectivity index (χ4n) is 1.90. The summed E-state index contributed by atoms with van der Waals surface area (Å²) in [5.74, 6) is -1.09. The molecule has 21 heavy (non-hydrogen) atoms. The van der Waals surface area contributed by atoms with E-state index >= 15 is 0 Å². The summed E-state index contributed by atoms with van der Waals surface area (Å²) in [7, 11) is 1.46. The van der Waals surface area contributed by atoms with Crippen molar-refractivity contribution in [3.63, 3.8) is 0 Å². The Labute approximate surface area is 121 Å². The number of methoxy groups -OCH3 is 1. The molecule has 0 aliphatic carbocycles. The zero-order valence-electron chi connectivity index (χ0n) is 11.4. The van der Waals surface area contributed by atoms with Gasteiger partial charge < -0.3 is 15.2 Å². The maximum atomic E-state index is 12.0. The number of benzene rings is 1. The molecule has 6 nitrogen and oxygen atoms in total. The number of nitrogens with zero attached hydrogens (tertiary/aromatic N) is 1. The Hall–Kier alpha value is -2.89. The topological polar surface area (TPSA) is 88.5 Å². The van der Waals surface area contributed by atoms with Gasteiger partial charge in [0.15, 0.2) is 0 Å². The highest BCUT2D eigenvalue weighted by Crippen LogP contribution is 2.20. The van der Waals surface area contributed by atoms with Crippen LogP contribution in [0.25, 0.3) is 0 Å². The highest BCUT2D eigenvalue weighted by molar-refractivity contribution is 5.96. The van der Waals surface area contributed by atoms with Crippen molar-refractivity contribution in [3.05, 3.63) is 53.7 Å². The quantitative estimate of drug-likeness (QED) is 0.877. The predicted octanol–water partition coefficient (Wildman–Crippen LogP) is 1.97. The molecule has 6 heteroatoms. The lowest BCUT2D eigenvalue weighted by Gasteiger charge is -2.09. The lowest BCUT2D eigenvalue weighted by molar-refractivity contribution is -0.115. The van der Waals surface area contributed by atoms with E-state index in [2.05, 4.69) is 10.3 Å². The first-order valence-electron chi connectivity index (χ1n) is 6.22. The number of hydrogen-bond donors (Lipinski definition) is 2. The Bertz CT molecular complexity index is 670. The minimum atomic E-state index is -1.06. The van der Waals surface area contributed by atoms with E-state index in [0.29, 0.717) is 17.1 Å². The number of amides is 1. The smallest absolute Gasteiger partial charge is 0.335 e. The van der Waals surface area contributed by atoms with Crippen LogP contribution in [0.3, 0.4) is 0 Å². The summed E-state index contributed by atoms with van der Waals surface area (Å²) in [6, 6.07) is 9.73. The van der Waals surface area contributed by atoms with Crippen LogP contribution in [0.4, 0.5) is 5.69 Å². The molecule has 2 aromatic rings. The molecule has 108 valence electrons. The first-order valence-corrected chi connectivity index (χ1v) is 6.22. The van der Waals surface area contributed by atoms with E-state index in [0.717, 1.165) is 0 Å². The Balaban J connectivity index is 2.14. The van der Waals surface area contributed by atoms with Crippen LogP contribution >= 0.6 is 0 Å². The van der Waals surface area contributed by atoms with Gasteiger partial charge >= 0.3 is 5.97 Å². The molecule has 1 aromatic heterocycles. The van der Waals surface area contributed by atoms with E-state index in [1.165, 1.54) is 13.2 Å². The first kappa shape index (κ1) is 14.5. The molecule has 2 N–H and O–H groups in total. The number of carbonyl (C=O) groups excluding carboxylic acids is 1. The molecule has 0 aliphatic heterocycles. The zero-order chi connectivity index (χ0) is 15.2. The maximum Gasteiger partial charge on any atom is 0.335 e. The number of rotatable bonds is 5. The molecule has 0 bridgehead atoms. The van der Waals surface area contributed by atoms with Gasteiger partial charge in [0.25, 0.3) is 0 Å². The van der Waals surface area contributed by atoms with Crippen molar-refractivity contribution in [1.82, 2.24) is 4.98 Å². The van der Waals surface area contributed by atoms with Gasteiger partial charge in [0, 0.05) is 6.20 Å². The van der Waals surface area contributed by atoms with Crippen LogP contribution in [0.2, 0.25) is 0 Å². The Kier molecular flexibility index (Phi) is 4.50. The molecule has 0 spiro atoms. The van der Waals surface area contributed by atoms with Crippen LogP contribution < -0.4 is 10.1 Å². The molecule has 0 fully saturated rings. The van der Waals surface area contributed by atoms with Crippen LogP contribution in [-0.4, -0.2) is 29.1 Å². The van der Waals surface area contributed by atoms with Crippen molar-refractivity contribution < 1.29 is 19.4 Å². The summed E-state index contributed by atoms with van der Waals surface area (Å²) in [6.07, 6.45) is 1.51. The van der Waals surface area contributed by atoms with Crippen LogP contribution in [-0.2, 0) is 11.2 Å². The minimum Gasteiger partial charge on any atom is -0.480 e. The number of hydrogen-bond acceptors (Lipinski definition) is 4. The largest absolute Gasteiger partial charge is 0.480 e. The van der Waals surface area contributed by atoms with Crippen LogP contribution in [0, 0.1) is 0 Å². The second kappa shape index (κ2) is 6.51. The van der Waals surface area contributed by atoms with Crippen molar-refractivity contribution in [2.75, 3.05) is 12.4 Å². The highest BCUT2D eigenvalue weighted by Gasteiger charge is 2.14. The van der Waals surface area contributed by atoms with Crippen molar-refractivity contribution >= 4 is 17.6 Å². The van der Waals surface area contributed by atoms with Crippen molar-refractivity contribution in [2.24, 2.45) is 0 Å². The standard InChI is InChI=1S/C15H14N2O4/c1-21-14-12(7-4-8-16-14)17-13(18)9-10-5-2-3-6-11(10)15(19)20/h2-8H,9H2,1H3,(H,17,18)(H,19,20). The number of carboxylic acid groups (broad SMARTS) is 1. The Morgan fingerprint density at radius 3 is 2.71 bits per heavy atom. The molecule has 0 saturated carbocycles. The van der Waals surface area contributed by atoms with Gasteiger partial charge in [-0.05, 0) is 23.8 Å². The molecule has 0 atom stereocenters. The Morgan fingerprint density at radius 2 is 2.00 bits per heavy atom. The van der Waals surface area contributed by atoms with Crippen molar-refractivity contribution in [2.45, 2.75) is 6.42 Å². The molecule has 0 aliphatic rings. The van der Waals surface area contributed by atoms with Gasteiger partial charge in [-0.2, -0.15) is 0 Å². The van der Waals surface area contributed by atoms with Gasteiger partial charge in [0.05, 0.1) is 19.1 Å².